The van der Waals surface area contributed by atoms with Gasteiger partial charge in [-0.3, -0.25) is 4.79 Å². The van der Waals surface area contributed by atoms with Crippen molar-refractivity contribution in [3.05, 3.63) is 74.9 Å². The SMILES string of the molecule is Nc1ccc(NC(=O)/C=C/c2ccc(-c3cc(Cl)cc(Cl)c3)o2)c(Br)c1. The zero-order valence-corrected chi connectivity index (χ0v) is 16.4. The Hall–Kier alpha value is -2.21. The van der Waals surface area contributed by atoms with Crippen LogP contribution < -0.4 is 11.1 Å². The van der Waals surface area contributed by atoms with Crippen LogP contribution in [0.1, 0.15) is 5.76 Å². The fraction of sp³-hybridized carbons (Fsp3) is 0. The Morgan fingerprint density at radius 1 is 1.08 bits per heavy atom. The molecule has 3 N–H and O–H groups in total. The average Bonchev–Trinajstić information content (AvgIpc) is 3.04. The first-order valence-electron chi connectivity index (χ1n) is 7.51. The van der Waals surface area contributed by atoms with Gasteiger partial charge in [-0.05, 0) is 70.5 Å². The van der Waals surface area contributed by atoms with Crippen molar-refractivity contribution in [1.82, 2.24) is 0 Å². The first kappa shape index (κ1) is 18.6. The van der Waals surface area contributed by atoms with Crippen molar-refractivity contribution in [2.24, 2.45) is 0 Å². The standard InChI is InChI=1S/C19H13BrCl2N2O2/c20-16-10-14(23)1-4-17(16)24-19(25)6-3-15-2-5-18(26-15)11-7-12(21)9-13(22)8-11/h1-10H,23H2,(H,24,25)/b6-3+. The van der Waals surface area contributed by atoms with Crippen LogP contribution in [0.25, 0.3) is 17.4 Å². The summed E-state index contributed by atoms with van der Waals surface area (Å²) in [5.41, 5.74) is 7.67. The van der Waals surface area contributed by atoms with Gasteiger partial charge in [0.25, 0.3) is 0 Å². The minimum atomic E-state index is -0.292. The molecule has 0 radical (unpaired) electrons. The third-order valence-electron chi connectivity index (χ3n) is 3.42. The molecule has 0 saturated carbocycles. The lowest BCUT2D eigenvalue weighted by molar-refractivity contribution is -0.111. The molecule has 0 aliphatic rings. The van der Waals surface area contributed by atoms with E-state index in [0.29, 0.717) is 37.4 Å². The predicted molar refractivity (Wildman–Crippen MR) is 110 cm³/mol. The first-order valence-corrected chi connectivity index (χ1v) is 9.06. The lowest BCUT2D eigenvalue weighted by Gasteiger charge is -2.05. The minimum absolute atomic E-state index is 0.292. The molecule has 3 rings (SSSR count). The van der Waals surface area contributed by atoms with Gasteiger partial charge in [-0.1, -0.05) is 23.2 Å². The maximum atomic E-state index is 12.1. The first-order chi connectivity index (χ1) is 12.4. The predicted octanol–water partition coefficient (Wildman–Crippen LogP) is 6.25. The number of amides is 1. The zero-order valence-electron chi connectivity index (χ0n) is 13.3. The van der Waals surface area contributed by atoms with E-state index in [1.807, 2.05) is 0 Å². The summed E-state index contributed by atoms with van der Waals surface area (Å²) in [5, 5.41) is 3.80. The van der Waals surface area contributed by atoms with E-state index in [-0.39, 0.29) is 5.91 Å². The molecule has 0 spiro atoms. The van der Waals surface area contributed by atoms with E-state index in [9.17, 15) is 4.79 Å². The van der Waals surface area contributed by atoms with E-state index in [1.165, 1.54) is 6.08 Å². The van der Waals surface area contributed by atoms with Gasteiger partial charge in [0.05, 0.1) is 5.69 Å². The molecule has 2 aromatic carbocycles. The molecule has 26 heavy (non-hydrogen) atoms. The van der Waals surface area contributed by atoms with E-state index in [2.05, 4.69) is 21.2 Å². The van der Waals surface area contributed by atoms with Crippen LogP contribution in [-0.2, 0) is 4.79 Å². The third kappa shape index (κ3) is 4.69. The summed E-state index contributed by atoms with van der Waals surface area (Å²) in [7, 11) is 0. The topological polar surface area (TPSA) is 68.3 Å². The van der Waals surface area contributed by atoms with Gasteiger partial charge in [0.1, 0.15) is 11.5 Å². The van der Waals surface area contributed by atoms with Gasteiger partial charge in [-0.15, -0.1) is 0 Å². The van der Waals surface area contributed by atoms with Crippen molar-refractivity contribution >= 4 is 62.5 Å². The highest BCUT2D eigenvalue weighted by Crippen LogP contribution is 2.29. The van der Waals surface area contributed by atoms with E-state index in [0.717, 1.165) is 5.56 Å². The number of anilines is 2. The highest BCUT2D eigenvalue weighted by molar-refractivity contribution is 9.10. The van der Waals surface area contributed by atoms with Crippen LogP contribution >= 0.6 is 39.1 Å². The number of benzene rings is 2. The van der Waals surface area contributed by atoms with Crippen LogP contribution in [0.2, 0.25) is 10.0 Å². The van der Waals surface area contributed by atoms with Crippen LogP contribution in [0.5, 0.6) is 0 Å². The number of nitrogens with one attached hydrogen (secondary N) is 1. The highest BCUT2D eigenvalue weighted by atomic mass is 79.9. The Labute approximate surface area is 168 Å². The fourth-order valence-electron chi connectivity index (χ4n) is 2.26. The van der Waals surface area contributed by atoms with E-state index >= 15 is 0 Å². The quantitative estimate of drug-likeness (QED) is 0.363. The molecule has 0 fully saturated rings. The van der Waals surface area contributed by atoms with Crippen LogP contribution in [0, 0.1) is 0 Å². The number of hydrogen-bond donors (Lipinski definition) is 2. The number of hydrogen-bond acceptors (Lipinski definition) is 3. The summed E-state index contributed by atoms with van der Waals surface area (Å²) < 4.78 is 6.42. The van der Waals surface area contributed by atoms with E-state index in [4.69, 9.17) is 33.4 Å². The monoisotopic (exact) mass is 450 g/mol. The van der Waals surface area contributed by atoms with Crippen molar-refractivity contribution in [1.29, 1.82) is 0 Å². The Kier molecular flexibility index (Phi) is 5.71. The maximum Gasteiger partial charge on any atom is 0.248 e. The third-order valence-corrected chi connectivity index (χ3v) is 4.52. The Balaban J connectivity index is 1.71. The van der Waals surface area contributed by atoms with Crippen LogP contribution in [0.3, 0.4) is 0 Å². The molecule has 1 heterocycles. The summed E-state index contributed by atoms with van der Waals surface area (Å²) >= 11 is 15.4. The number of halogens is 3. The van der Waals surface area contributed by atoms with Gasteiger partial charge in [-0.25, -0.2) is 0 Å². The molecule has 0 aliphatic carbocycles. The number of nitrogen functional groups attached to an aromatic ring is 1. The van der Waals surface area contributed by atoms with Gasteiger partial charge < -0.3 is 15.5 Å². The second-order valence-electron chi connectivity index (χ2n) is 5.42. The molecule has 0 bridgehead atoms. The number of rotatable bonds is 4. The average molecular weight is 452 g/mol. The summed E-state index contributed by atoms with van der Waals surface area (Å²) in [4.78, 5) is 12.1. The number of furan rings is 1. The van der Waals surface area contributed by atoms with Crippen LogP contribution in [0.15, 0.2) is 63.5 Å². The van der Waals surface area contributed by atoms with Crippen LogP contribution in [-0.4, -0.2) is 5.91 Å². The van der Waals surface area contributed by atoms with E-state index < -0.39 is 0 Å². The largest absolute Gasteiger partial charge is 0.457 e. The van der Waals surface area contributed by atoms with Crippen molar-refractivity contribution in [2.75, 3.05) is 11.1 Å². The van der Waals surface area contributed by atoms with Crippen molar-refractivity contribution < 1.29 is 9.21 Å². The molecular formula is C19H13BrCl2N2O2. The molecule has 1 aromatic heterocycles. The Morgan fingerprint density at radius 3 is 2.50 bits per heavy atom. The smallest absolute Gasteiger partial charge is 0.248 e. The number of carbonyl (C=O) groups is 1. The van der Waals surface area contributed by atoms with Gasteiger partial charge in [-0.2, -0.15) is 0 Å². The summed E-state index contributed by atoms with van der Waals surface area (Å²) in [6.45, 7) is 0. The molecule has 0 aliphatic heterocycles. The normalized spacial score (nSPS) is 11.0. The molecular weight excluding hydrogens is 439 g/mol. The molecule has 0 atom stereocenters. The molecule has 132 valence electrons. The van der Waals surface area contributed by atoms with E-state index in [1.54, 1.807) is 54.6 Å². The molecule has 0 unspecified atom stereocenters. The van der Waals surface area contributed by atoms with Gasteiger partial charge in [0, 0.05) is 31.8 Å². The molecule has 3 aromatic rings. The lowest BCUT2D eigenvalue weighted by Crippen LogP contribution is -2.08. The molecule has 4 nitrogen and oxygen atoms in total. The van der Waals surface area contributed by atoms with Gasteiger partial charge in [0.15, 0.2) is 0 Å². The minimum Gasteiger partial charge on any atom is -0.457 e. The second kappa shape index (κ2) is 7.99. The Morgan fingerprint density at radius 2 is 1.81 bits per heavy atom. The summed E-state index contributed by atoms with van der Waals surface area (Å²) in [6.07, 6.45) is 2.96. The molecule has 7 heteroatoms. The van der Waals surface area contributed by atoms with Crippen molar-refractivity contribution in [3.63, 3.8) is 0 Å². The number of carbonyl (C=O) groups excluding carboxylic acids is 1. The van der Waals surface area contributed by atoms with Crippen molar-refractivity contribution in [2.45, 2.75) is 0 Å². The lowest BCUT2D eigenvalue weighted by atomic mass is 10.2. The highest BCUT2D eigenvalue weighted by Gasteiger charge is 2.07. The van der Waals surface area contributed by atoms with Crippen LogP contribution in [0.4, 0.5) is 11.4 Å². The summed E-state index contributed by atoms with van der Waals surface area (Å²) in [5.74, 6) is 0.845. The fourth-order valence-corrected chi connectivity index (χ4v) is 3.28. The van der Waals surface area contributed by atoms with Gasteiger partial charge >= 0.3 is 0 Å². The molecule has 0 saturated heterocycles. The second-order valence-corrected chi connectivity index (χ2v) is 7.15. The molecule has 1 amide bonds. The number of nitrogens with two attached hydrogens (primary N) is 1. The summed E-state index contributed by atoms with van der Waals surface area (Å²) in [6, 6.07) is 13.8. The zero-order chi connectivity index (χ0) is 18.7. The van der Waals surface area contributed by atoms with Crippen molar-refractivity contribution in [3.8, 4) is 11.3 Å². The van der Waals surface area contributed by atoms with Gasteiger partial charge in [0.2, 0.25) is 5.91 Å². The maximum absolute atomic E-state index is 12.1. The Bertz CT molecular complexity index is 979.